The van der Waals surface area contributed by atoms with Gasteiger partial charge in [-0.1, -0.05) is 59.8 Å². The standard InChI is InChI=1S/C31H23ClFN3O3S/c32-24-16-22(10-11-25(24)33)34-29(37)18-36-26-15-20(30(38)35-14-13-19-5-1-2-6-21(19)17-35)9-12-28(26)40-27-8-4-3-7-23(27)31(36)39/h1-12,15-16H,13-14,17-18H2,(H,34,37). The molecule has 40 heavy (non-hydrogen) atoms. The van der Waals surface area contributed by atoms with Gasteiger partial charge in [-0.3, -0.25) is 19.3 Å². The van der Waals surface area contributed by atoms with Crippen LogP contribution >= 0.6 is 23.4 Å². The molecule has 6 nitrogen and oxygen atoms in total. The predicted molar refractivity (Wildman–Crippen MR) is 154 cm³/mol. The normalized spacial score (nSPS) is 14.1. The van der Waals surface area contributed by atoms with E-state index in [1.165, 1.54) is 34.4 Å². The highest BCUT2D eigenvalue weighted by molar-refractivity contribution is 7.99. The first kappa shape index (κ1) is 26.1. The van der Waals surface area contributed by atoms with E-state index in [1.807, 2.05) is 36.4 Å². The van der Waals surface area contributed by atoms with Gasteiger partial charge in [-0.15, -0.1) is 0 Å². The molecule has 0 saturated carbocycles. The molecule has 6 rings (SSSR count). The van der Waals surface area contributed by atoms with Crippen LogP contribution in [0.4, 0.5) is 15.8 Å². The van der Waals surface area contributed by atoms with Crippen molar-refractivity contribution in [3.05, 3.63) is 118 Å². The Bertz CT molecular complexity index is 1680. The summed E-state index contributed by atoms with van der Waals surface area (Å²) in [6.45, 7) is 0.792. The van der Waals surface area contributed by atoms with Crippen LogP contribution in [-0.2, 0) is 17.8 Å². The average Bonchev–Trinajstić information content (AvgIpc) is 3.08. The Morgan fingerprint density at radius 1 is 0.925 bits per heavy atom. The molecule has 0 atom stereocenters. The van der Waals surface area contributed by atoms with E-state index in [9.17, 15) is 18.8 Å². The molecule has 0 unspecified atom stereocenters. The van der Waals surface area contributed by atoms with E-state index in [0.29, 0.717) is 35.6 Å². The molecule has 0 saturated heterocycles. The number of fused-ring (bicyclic) bond motifs is 3. The Hall–Kier alpha value is -4.14. The molecule has 2 heterocycles. The topological polar surface area (TPSA) is 69.7 Å². The van der Waals surface area contributed by atoms with E-state index in [0.717, 1.165) is 27.8 Å². The van der Waals surface area contributed by atoms with Crippen molar-refractivity contribution in [1.82, 2.24) is 4.90 Å². The maximum absolute atomic E-state index is 13.8. The van der Waals surface area contributed by atoms with Gasteiger partial charge in [-0.25, -0.2) is 4.39 Å². The number of nitrogens with one attached hydrogen (secondary N) is 1. The van der Waals surface area contributed by atoms with Crippen LogP contribution in [0.3, 0.4) is 0 Å². The summed E-state index contributed by atoms with van der Waals surface area (Å²) in [7, 11) is 0. The van der Waals surface area contributed by atoms with Crippen LogP contribution in [0.15, 0.2) is 94.7 Å². The Labute approximate surface area is 239 Å². The van der Waals surface area contributed by atoms with E-state index in [2.05, 4.69) is 11.4 Å². The molecular formula is C31H23ClFN3O3S. The second-order valence-electron chi connectivity index (χ2n) is 9.59. The van der Waals surface area contributed by atoms with Gasteiger partial charge in [-0.05, 0) is 66.1 Å². The van der Waals surface area contributed by atoms with Gasteiger partial charge >= 0.3 is 0 Å². The highest BCUT2D eigenvalue weighted by atomic mass is 35.5. The van der Waals surface area contributed by atoms with Crippen LogP contribution in [-0.4, -0.2) is 35.7 Å². The third-order valence-corrected chi connectivity index (χ3v) is 8.43. The monoisotopic (exact) mass is 571 g/mol. The number of anilines is 2. The van der Waals surface area contributed by atoms with Crippen molar-refractivity contribution in [3.8, 4) is 0 Å². The maximum atomic E-state index is 13.8. The number of hydrogen-bond donors (Lipinski definition) is 1. The minimum Gasteiger partial charge on any atom is -0.334 e. The highest BCUT2D eigenvalue weighted by Gasteiger charge is 2.30. The third kappa shape index (κ3) is 5.08. The molecule has 1 N–H and O–H groups in total. The van der Waals surface area contributed by atoms with E-state index >= 15 is 0 Å². The number of amides is 3. The minimum atomic E-state index is -0.598. The lowest BCUT2D eigenvalue weighted by molar-refractivity contribution is -0.114. The molecule has 0 radical (unpaired) electrons. The number of halogens is 2. The molecule has 4 aromatic rings. The molecule has 0 aliphatic carbocycles. The Balaban J connectivity index is 1.32. The van der Waals surface area contributed by atoms with E-state index in [4.69, 9.17) is 11.6 Å². The van der Waals surface area contributed by atoms with Crippen molar-refractivity contribution in [3.63, 3.8) is 0 Å². The summed E-state index contributed by atoms with van der Waals surface area (Å²) >= 11 is 7.28. The number of hydrogen-bond acceptors (Lipinski definition) is 4. The minimum absolute atomic E-state index is 0.122. The number of rotatable bonds is 4. The van der Waals surface area contributed by atoms with Crippen LogP contribution in [0.1, 0.15) is 31.8 Å². The first-order valence-electron chi connectivity index (χ1n) is 12.7. The summed E-state index contributed by atoms with van der Waals surface area (Å²) < 4.78 is 13.6. The van der Waals surface area contributed by atoms with Crippen LogP contribution in [0.5, 0.6) is 0 Å². The maximum Gasteiger partial charge on any atom is 0.259 e. The van der Waals surface area contributed by atoms with E-state index in [1.54, 1.807) is 29.2 Å². The second kappa shape index (κ2) is 10.8. The molecule has 0 fully saturated rings. The predicted octanol–water partition coefficient (Wildman–Crippen LogP) is 6.43. The lowest BCUT2D eigenvalue weighted by Gasteiger charge is -2.29. The summed E-state index contributed by atoms with van der Waals surface area (Å²) in [5.74, 6) is -1.58. The molecule has 0 bridgehead atoms. The fourth-order valence-corrected chi connectivity index (χ4v) is 6.22. The molecule has 2 aliphatic rings. The molecule has 0 spiro atoms. The number of carbonyl (C=O) groups excluding carboxylic acids is 3. The zero-order valence-electron chi connectivity index (χ0n) is 21.2. The van der Waals surface area contributed by atoms with Gasteiger partial charge in [0, 0.05) is 34.1 Å². The molecule has 4 aromatic carbocycles. The molecule has 200 valence electrons. The van der Waals surface area contributed by atoms with Crippen LogP contribution in [0.25, 0.3) is 0 Å². The number of nitrogens with zero attached hydrogens (tertiary/aromatic N) is 2. The summed E-state index contributed by atoms with van der Waals surface area (Å²) in [6.07, 6.45) is 0.774. The van der Waals surface area contributed by atoms with Crippen molar-refractivity contribution in [2.75, 3.05) is 23.3 Å². The van der Waals surface area contributed by atoms with Crippen molar-refractivity contribution in [2.24, 2.45) is 0 Å². The van der Waals surface area contributed by atoms with Crippen LogP contribution in [0, 0.1) is 5.82 Å². The second-order valence-corrected chi connectivity index (χ2v) is 11.1. The summed E-state index contributed by atoms with van der Waals surface area (Å²) in [5.41, 5.74) is 4.05. The SMILES string of the molecule is O=C(CN1C(=O)c2ccccc2Sc2ccc(C(=O)N3CCc4ccccc4C3)cc21)Nc1ccc(F)c(Cl)c1. The van der Waals surface area contributed by atoms with Crippen molar-refractivity contribution >= 4 is 52.5 Å². The zero-order chi connectivity index (χ0) is 27.8. The fourth-order valence-electron chi connectivity index (χ4n) is 4.98. The smallest absolute Gasteiger partial charge is 0.259 e. The van der Waals surface area contributed by atoms with Gasteiger partial charge in [0.1, 0.15) is 12.4 Å². The van der Waals surface area contributed by atoms with E-state index in [-0.39, 0.29) is 23.4 Å². The van der Waals surface area contributed by atoms with Gasteiger partial charge in [0.25, 0.3) is 11.8 Å². The number of carbonyl (C=O) groups is 3. The van der Waals surface area contributed by atoms with Crippen molar-refractivity contribution < 1.29 is 18.8 Å². The summed E-state index contributed by atoms with van der Waals surface area (Å²) in [4.78, 5) is 45.2. The molecular weight excluding hydrogens is 549 g/mol. The summed E-state index contributed by atoms with van der Waals surface area (Å²) in [6, 6.07) is 24.5. The average molecular weight is 572 g/mol. The quantitative estimate of drug-likeness (QED) is 0.306. The Morgan fingerprint density at radius 3 is 2.52 bits per heavy atom. The fraction of sp³-hybridized carbons (Fsp3) is 0.129. The summed E-state index contributed by atoms with van der Waals surface area (Å²) in [5, 5.41) is 2.56. The van der Waals surface area contributed by atoms with Gasteiger partial charge < -0.3 is 10.2 Å². The molecule has 2 aliphatic heterocycles. The number of benzene rings is 4. The van der Waals surface area contributed by atoms with Gasteiger partial charge in [-0.2, -0.15) is 0 Å². The first-order valence-corrected chi connectivity index (χ1v) is 13.9. The van der Waals surface area contributed by atoms with Crippen LogP contribution < -0.4 is 10.2 Å². The molecule has 0 aromatic heterocycles. The first-order chi connectivity index (χ1) is 19.4. The lowest BCUT2D eigenvalue weighted by atomic mass is 9.99. The largest absolute Gasteiger partial charge is 0.334 e. The Kier molecular flexibility index (Phi) is 7.04. The van der Waals surface area contributed by atoms with Crippen LogP contribution in [0.2, 0.25) is 5.02 Å². The Morgan fingerprint density at radius 2 is 1.70 bits per heavy atom. The van der Waals surface area contributed by atoms with E-state index < -0.39 is 11.7 Å². The van der Waals surface area contributed by atoms with Crippen molar-refractivity contribution in [1.29, 1.82) is 0 Å². The van der Waals surface area contributed by atoms with Crippen molar-refractivity contribution in [2.45, 2.75) is 22.8 Å². The highest BCUT2D eigenvalue weighted by Crippen LogP contribution is 2.42. The zero-order valence-corrected chi connectivity index (χ0v) is 22.8. The van der Waals surface area contributed by atoms with Gasteiger partial charge in [0.05, 0.1) is 16.3 Å². The van der Waals surface area contributed by atoms with Gasteiger partial charge in [0.2, 0.25) is 5.91 Å². The van der Waals surface area contributed by atoms with Gasteiger partial charge in [0.15, 0.2) is 0 Å². The lowest BCUT2D eigenvalue weighted by Crippen LogP contribution is -2.39. The third-order valence-electron chi connectivity index (χ3n) is 7.00. The molecule has 9 heteroatoms. The molecule has 3 amide bonds.